The maximum Gasteiger partial charge on any atom is 0.280 e. The van der Waals surface area contributed by atoms with Crippen molar-refractivity contribution in [1.82, 2.24) is 9.66 Å². The fraction of sp³-hybridized carbons (Fsp3) is 0.118. The van der Waals surface area contributed by atoms with Crippen molar-refractivity contribution in [3.63, 3.8) is 0 Å². The molecule has 1 aromatic heterocycles. The molecule has 0 aliphatic rings. The highest BCUT2D eigenvalue weighted by atomic mass is 19.1. The summed E-state index contributed by atoms with van der Waals surface area (Å²) in [4.78, 5) is 28.9. The quantitative estimate of drug-likeness (QED) is 0.756. The molecule has 0 saturated carbocycles. The van der Waals surface area contributed by atoms with Crippen molar-refractivity contribution < 1.29 is 9.18 Å². The predicted octanol–water partition coefficient (Wildman–Crippen LogP) is 1.31. The second kappa shape index (κ2) is 6.59. The van der Waals surface area contributed by atoms with Gasteiger partial charge in [-0.3, -0.25) is 15.0 Å². The molecule has 0 atom stereocenters. The first-order valence-electron chi connectivity index (χ1n) is 7.33. The highest BCUT2D eigenvalue weighted by Crippen LogP contribution is 2.10. The lowest BCUT2D eigenvalue weighted by Crippen LogP contribution is -2.37. The Bertz CT molecular complexity index is 954. The monoisotopic (exact) mass is 326 g/mol. The Balaban J connectivity index is 1.96. The topological polar surface area (TPSA) is 90.0 Å². The number of rotatable bonds is 4. The van der Waals surface area contributed by atoms with Crippen molar-refractivity contribution in [3.05, 3.63) is 76.1 Å². The van der Waals surface area contributed by atoms with Crippen molar-refractivity contribution in [3.8, 4) is 0 Å². The van der Waals surface area contributed by atoms with Crippen LogP contribution < -0.4 is 16.7 Å². The average Bonchev–Trinajstić information content (AvgIpc) is 2.58. The molecule has 6 nitrogen and oxygen atoms in total. The summed E-state index contributed by atoms with van der Waals surface area (Å²) in [6.45, 7) is -0.0761. The molecule has 0 spiro atoms. The van der Waals surface area contributed by atoms with Crippen LogP contribution in [-0.2, 0) is 17.8 Å². The number of hydrogen-bond acceptors (Lipinski definition) is 4. The summed E-state index contributed by atoms with van der Waals surface area (Å²) in [6, 6.07) is 12.8. The van der Waals surface area contributed by atoms with E-state index in [1.54, 1.807) is 0 Å². The van der Waals surface area contributed by atoms with Gasteiger partial charge in [0.15, 0.2) is 0 Å². The SMILES string of the molecule is NCc1nc2cc(F)ccc2c(=O)n1NC(=O)Cc1ccccc1. The first-order valence-corrected chi connectivity index (χ1v) is 7.33. The van der Waals surface area contributed by atoms with Gasteiger partial charge < -0.3 is 5.73 Å². The number of amides is 1. The van der Waals surface area contributed by atoms with E-state index in [2.05, 4.69) is 10.4 Å². The van der Waals surface area contributed by atoms with Crippen LogP contribution in [0.2, 0.25) is 0 Å². The number of carbonyl (C=O) groups excluding carboxylic acids is 1. The van der Waals surface area contributed by atoms with E-state index in [0.717, 1.165) is 16.3 Å². The molecular weight excluding hydrogens is 311 g/mol. The number of benzene rings is 2. The number of halogens is 1. The van der Waals surface area contributed by atoms with Crippen LogP contribution in [0.15, 0.2) is 53.3 Å². The van der Waals surface area contributed by atoms with E-state index in [1.165, 1.54) is 12.1 Å². The highest BCUT2D eigenvalue weighted by Gasteiger charge is 2.13. The number of aromatic nitrogens is 2. The Labute approximate surface area is 136 Å². The van der Waals surface area contributed by atoms with E-state index in [9.17, 15) is 14.0 Å². The summed E-state index contributed by atoms with van der Waals surface area (Å²) in [5.41, 5.74) is 8.64. The van der Waals surface area contributed by atoms with Gasteiger partial charge in [-0.25, -0.2) is 14.1 Å². The summed E-state index contributed by atoms with van der Waals surface area (Å²) < 4.78 is 14.3. The number of fused-ring (bicyclic) bond motifs is 1. The van der Waals surface area contributed by atoms with Gasteiger partial charge in [-0.2, -0.15) is 0 Å². The fourth-order valence-electron chi connectivity index (χ4n) is 2.40. The van der Waals surface area contributed by atoms with Crippen LogP contribution in [-0.4, -0.2) is 15.6 Å². The Hall–Kier alpha value is -3.06. The predicted molar refractivity (Wildman–Crippen MR) is 88.4 cm³/mol. The van der Waals surface area contributed by atoms with Gasteiger partial charge in [-0.1, -0.05) is 30.3 Å². The van der Waals surface area contributed by atoms with Crippen LogP contribution in [0, 0.1) is 5.82 Å². The van der Waals surface area contributed by atoms with E-state index < -0.39 is 11.4 Å². The number of nitrogens with one attached hydrogen (secondary N) is 1. The second-order valence-electron chi connectivity index (χ2n) is 5.23. The van der Waals surface area contributed by atoms with Gasteiger partial charge >= 0.3 is 0 Å². The van der Waals surface area contributed by atoms with Crippen molar-refractivity contribution in [1.29, 1.82) is 0 Å². The van der Waals surface area contributed by atoms with Gasteiger partial charge in [0.2, 0.25) is 5.91 Å². The Morgan fingerprint density at radius 1 is 1.21 bits per heavy atom. The molecule has 0 aliphatic carbocycles. The lowest BCUT2D eigenvalue weighted by Gasteiger charge is -2.13. The molecule has 0 aliphatic heterocycles. The standard InChI is InChI=1S/C17H15FN4O2/c18-12-6-7-13-14(9-12)20-15(10-19)22(17(13)24)21-16(23)8-11-4-2-1-3-5-11/h1-7,9H,8,10,19H2,(H,21,23). The normalized spacial score (nSPS) is 10.8. The lowest BCUT2D eigenvalue weighted by atomic mass is 10.1. The molecule has 24 heavy (non-hydrogen) atoms. The summed E-state index contributed by atoms with van der Waals surface area (Å²) in [7, 11) is 0. The third kappa shape index (κ3) is 3.16. The summed E-state index contributed by atoms with van der Waals surface area (Å²) >= 11 is 0. The summed E-state index contributed by atoms with van der Waals surface area (Å²) in [6.07, 6.45) is 0.110. The minimum Gasteiger partial charge on any atom is -0.324 e. The molecule has 0 radical (unpaired) electrons. The molecule has 0 bridgehead atoms. The van der Waals surface area contributed by atoms with Gasteiger partial charge in [-0.15, -0.1) is 0 Å². The maximum atomic E-state index is 13.3. The molecular formula is C17H15FN4O2. The molecule has 122 valence electrons. The van der Waals surface area contributed by atoms with Gasteiger partial charge in [0.25, 0.3) is 5.56 Å². The molecule has 2 aromatic carbocycles. The van der Waals surface area contributed by atoms with E-state index in [-0.39, 0.29) is 35.6 Å². The maximum absolute atomic E-state index is 13.3. The van der Waals surface area contributed by atoms with Gasteiger partial charge in [-0.05, 0) is 17.7 Å². The number of carbonyl (C=O) groups is 1. The van der Waals surface area contributed by atoms with Crippen LogP contribution in [0.5, 0.6) is 0 Å². The van der Waals surface area contributed by atoms with Crippen LogP contribution in [0.25, 0.3) is 10.9 Å². The molecule has 0 saturated heterocycles. The Kier molecular flexibility index (Phi) is 4.35. The van der Waals surface area contributed by atoms with Crippen LogP contribution in [0.3, 0.4) is 0 Å². The van der Waals surface area contributed by atoms with Gasteiger partial charge in [0.1, 0.15) is 11.6 Å². The van der Waals surface area contributed by atoms with E-state index in [1.807, 2.05) is 30.3 Å². The zero-order chi connectivity index (χ0) is 17.1. The smallest absolute Gasteiger partial charge is 0.280 e. The molecule has 1 amide bonds. The molecule has 3 N–H and O–H groups in total. The van der Waals surface area contributed by atoms with Crippen molar-refractivity contribution in [2.24, 2.45) is 5.73 Å². The van der Waals surface area contributed by atoms with Crippen LogP contribution in [0.4, 0.5) is 4.39 Å². The molecule has 7 heteroatoms. The van der Waals surface area contributed by atoms with Gasteiger partial charge in [0.05, 0.1) is 23.9 Å². The summed E-state index contributed by atoms with van der Waals surface area (Å²) in [5.74, 6) is -0.719. The number of nitrogens with zero attached hydrogens (tertiary/aromatic N) is 2. The van der Waals surface area contributed by atoms with E-state index in [4.69, 9.17) is 5.73 Å². The highest BCUT2D eigenvalue weighted by molar-refractivity contribution is 5.86. The zero-order valence-electron chi connectivity index (χ0n) is 12.7. The molecule has 3 rings (SSSR count). The van der Waals surface area contributed by atoms with E-state index in [0.29, 0.717) is 0 Å². The molecule has 0 fully saturated rings. The van der Waals surface area contributed by atoms with Gasteiger partial charge in [0, 0.05) is 6.07 Å². The average molecular weight is 326 g/mol. The first-order chi connectivity index (χ1) is 11.6. The lowest BCUT2D eigenvalue weighted by molar-refractivity contribution is -0.116. The largest absolute Gasteiger partial charge is 0.324 e. The third-order valence-corrected chi connectivity index (χ3v) is 3.53. The number of nitrogens with two attached hydrogens (primary N) is 1. The minimum atomic E-state index is -0.498. The minimum absolute atomic E-state index is 0.0761. The van der Waals surface area contributed by atoms with E-state index >= 15 is 0 Å². The van der Waals surface area contributed by atoms with Crippen LogP contribution in [0.1, 0.15) is 11.4 Å². The fourth-order valence-corrected chi connectivity index (χ4v) is 2.40. The second-order valence-corrected chi connectivity index (χ2v) is 5.23. The third-order valence-electron chi connectivity index (χ3n) is 3.53. The first kappa shape index (κ1) is 15.8. The molecule has 1 heterocycles. The Morgan fingerprint density at radius 2 is 1.96 bits per heavy atom. The number of hydrogen-bond donors (Lipinski definition) is 2. The van der Waals surface area contributed by atoms with Crippen molar-refractivity contribution in [2.45, 2.75) is 13.0 Å². The Morgan fingerprint density at radius 3 is 2.67 bits per heavy atom. The summed E-state index contributed by atoms with van der Waals surface area (Å²) in [5, 5.41) is 0.202. The van der Waals surface area contributed by atoms with Crippen LogP contribution >= 0.6 is 0 Å². The molecule has 3 aromatic rings. The molecule has 0 unspecified atom stereocenters. The van der Waals surface area contributed by atoms with Crippen molar-refractivity contribution >= 4 is 16.8 Å². The van der Waals surface area contributed by atoms with Crippen molar-refractivity contribution in [2.75, 3.05) is 5.43 Å². The zero-order valence-corrected chi connectivity index (χ0v) is 12.7.